The Bertz CT molecular complexity index is 1710. The van der Waals surface area contributed by atoms with Gasteiger partial charge in [0.15, 0.2) is 13.4 Å². The summed E-state index contributed by atoms with van der Waals surface area (Å²) < 4.78 is 34.4. The van der Waals surface area contributed by atoms with Crippen molar-refractivity contribution in [2.75, 3.05) is 40.2 Å². The number of piperidine rings is 1. The number of aromatic nitrogens is 2. The summed E-state index contributed by atoms with van der Waals surface area (Å²) >= 11 is 1.54. The molecule has 1 amide bonds. The van der Waals surface area contributed by atoms with Gasteiger partial charge in [-0.2, -0.15) is 4.98 Å². The fourth-order valence-corrected chi connectivity index (χ4v) is 6.13. The topological polar surface area (TPSA) is 128 Å². The van der Waals surface area contributed by atoms with Gasteiger partial charge in [-0.05, 0) is 40.9 Å². The highest BCUT2D eigenvalue weighted by Gasteiger charge is 2.32. The molecule has 3 heterocycles. The summed E-state index contributed by atoms with van der Waals surface area (Å²) in [5.74, 6) is 2.20. The Morgan fingerprint density at radius 1 is 1.02 bits per heavy atom. The first-order valence-electron chi connectivity index (χ1n) is 15.0. The van der Waals surface area contributed by atoms with Crippen molar-refractivity contribution in [1.82, 2.24) is 15.0 Å². The molecule has 12 heteroatoms. The molecule has 5 aromatic rings. The number of hydrogen-bond acceptors (Lipinski definition) is 11. The predicted molar refractivity (Wildman–Crippen MR) is 169 cm³/mol. The van der Waals surface area contributed by atoms with Gasteiger partial charge in [0.1, 0.15) is 17.6 Å². The Morgan fingerprint density at radius 2 is 1.89 bits per heavy atom. The molecular weight excluding hydrogens is 610 g/mol. The number of thiophene rings is 1. The van der Waals surface area contributed by atoms with Crippen LogP contribution in [0.2, 0.25) is 0 Å². The van der Waals surface area contributed by atoms with Crippen LogP contribution in [0, 0.1) is 0 Å². The third-order valence-corrected chi connectivity index (χ3v) is 8.70. The van der Waals surface area contributed by atoms with Gasteiger partial charge in [-0.1, -0.05) is 59.8 Å². The normalized spacial score (nSPS) is 16.5. The molecule has 0 aliphatic carbocycles. The lowest BCUT2D eigenvalue weighted by molar-refractivity contribution is -0.268. The smallest absolute Gasteiger partial charge is 0.264 e. The number of hydrogen-bond donors (Lipinski definition) is 0. The first-order valence-corrected chi connectivity index (χ1v) is 15.8. The summed E-state index contributed by atoms with van der Waals surface area (Å²) in [6.45, 7) is 1.85. The van der Waals surface area contributed by atoms with E-state index in [0.717, 1.165) is 26.8 Å². The molecule has 1 fully saturated rings. The standard InChI is InChI=1S/C34H35N3O8S/c1-40-16-17-41-22-44-32-25(9-8-23-5-2-3-6-28(23)32)20-43-29-19-37(34(38)39)15-14-27(29)24-10-12-26(13-11-24)42-21-31-35-33(36-45-31)30-7-4-18-46-30/h2-13,18,27,29H,14-17,19-22H2,1H3,(H,38,39)/p-1. The van der Waals surface area contributed by atoms with Crippen molar-refractivity contribution in [3.63, 3.8) is 0 Å². The summed E-state index contributed by atoms with van der Waals surface area (Å²) in [4.78, 5) is 18.4. The Morgan fingerprint density at radius 3 is 2.70 bits per heavy atom. The maximum absolute atomic E-state index is 11.8. The number of ether oxygens (including phenoxy) is 5. The molecule has 2 atom stereocenters. The molecule has 2 unspecified atom stereocenters. The van der Waals surface area contributed by atoms with Crippen molar-refractivity contribution in [1.29, 1.82) is 0 Å². The highest BCUT2D eigenvalue weighted by Crippen LogP contribution is 2.35. The highest BCUT2D eigenvalue weighted by molar-refractivity contribution is 7.13. The van der Waals surface area contributed by atoms with Gasteiger partial charge in [0.2, 0.25) is 5.82 Å². The number of benzene rings is 3. The fourth-order valence-electron chi connectivity index (χ4n) is 5.48. The molecule has 0 spiro atoms. The van der Waals surface area contributed by atoms with Gasteiger partial charge in [-0.25, -0.2) is 0 Å². The van der Waals surface area contributed by atoms with Crippen LogP contribution in [0.4, 0.5) is 4.79 Å². The summed E-state index contributed by atoms with van der Waals surface area (Å²) in [5.41, 5.74) is 1.86. The van der Waals surface area contributed by atoms with E-state index in [0.29, 0.717) is 49.4 Å². The summed E-state index contributed by atoms with van der Waals surface area (Å²) in [6, 6.07) is 23.5. The zero-order valence-corrected chi connectivity index (χ0v) is 26.1. The molecule has 1 aliphatic heterocycles. The second kappa shape index (κ2) is 15.2. The lowest BCUT2D eigenvalue weighted by Crippen LogP contribution is -2.51. The van der Waals surface area contributed by atoms with Gasteiger partial charge < -0.3 is 43.0 Å². The van der Waals surface area contributed by atoms with Crippen LogP contribution in [0.25, 0.3) is 21.5 Å². The predicted octanol–water partition coefficient (Wildman–Crippen LogP) is 5.25. The quantitative estimate of drug-likeness (QED) is 0.117. The van der Waals surface area contributed by atoms with Crippen LogP contribution in [0.1, 0.15) is 29.4 Å². The number of carbonyl (C=O) groups is 1. The van der Waals surface area contributed by atoms with Crippen molar-refractivity contribution >= 4 is 28.2 Å². The van der Waals surface area contributed by atoms with Crippen LogP contribution in [0.15, 0.2) is 82.7 Å². The molecule has 0 bridgehead atoms. The number of methoxy groups -OCH3 is 1. The van der Waals surface area contributed by atoms with Crippen LogP contribution in [-0.2, 0) is 27.4 Å². The molecule has 46 heavy (non-hydrogen) atoms. The second-order valence-corrected chi connectivity index (χ2v) is 11.7. The van der Waals surface area contributed by atoms with E-state index < -0.39 is 12.2 Å². The maximum atomic E-state index is 11.8. The van der Waals surface area contributed by atoms with Crippen LogP contribution in [0.5, 0.6) is 11.5 Å². The molecule has 1 aliphatic rings. The minimum Gasteiger partial charge on any atom is -0.530 e. The van der Waals surface area contributed by atoms with E-state index in [4.69, 9.17) is 28.2 Å². The first kappa shape index (κ1) is 31.5. The number of fused-ring (bicyclic) bond motifs is 1. The number of likely N-dealkylation sites (tertiary alicyclic amines) is 1. The average molecular weight is 645 g/mol. The third-order valence-electron chi connectivity index (χ3n) is 7.83. The van der Waals surface area contributed by atoms with Crippen molar-refractivity contribution < 1.29 is 38.1 Å². The van der Waals surface area contributed by atoms with Crippen molar-refractivity contribution in [3.05, 3.63) is 95.2 Å². The SMILES string of the molecule is COCCOCOc1c(COC2CN(C(=O)[O-])CCC2c2ccc(OCc3nc(-c4cccs4)no3)cc2)ccc2ccccc12. The summed E-state index contributed by atoms with van der Waals surface area (Å²) in [7, 11) is 1.62. The Labute approximate surface area is 270 Å². The lowest BCUT2D eigenvalue weighted by Gasteiger charge is -2.40. The molecule has 2 aromatic heterocycles. The van der Waals surface area contributed by atoms with Gasteiger partial charge >= 0.3 is 0 Å². The Balaban J connectivity index is 1.14. The number of carbonyl (C=O) groups excluding carboxylic acids is 1. The lowest BCUT2D eigenvalue weighted by atomic mass is 9.87. The molecule has 240 valence electrons. The van der Waals surface area contributed by atoms with Crippen LogP contribution < -0.4 is 14.6 Å². The van der Waals surface area contributed by atoms with Crippen molar-refractivity contribution in [2.24, 2.45) is 0 Å². The van der Waals surface area contributed by atoms with E-state index in [-0.39, 0.29) is 32.5 Å². The van der Waals surface area contributed by atoms with Crippen molar-refractivity contribution in [2.45, 2.75) is 31.7 Å². The average Bonchev–Trinajstić information content (AvgIpc) is 3.80. The third kappa shape index (κ3) is 7.65. The molecule has 1 saturated heterocycles. The largest absolute Gasteiger partial charge is 0.530 e. The zero-order chi connectivity index (χ0) is 31.7. The van der Waals surface area contributed by atoms with Gasteiger partial charge in [0, 0.05) is 37.1 Å². The van der Waals surface area contributed by atoms with E-state index in [1.165, 1.54) is 16.2 Å². The number of carboxylic acid groups (broad SMARTS) is 1. The van der Waals surface area contributed by atoms with Crippen LogP contribution in [0.3, 0.4) is 0 Å². The van der Waals surface area contributed by atoms with Crippen molar-refractivity contribution in [3.8, 4) is 22.2 Å². The minimum absolute atomic E-state index is 0.0452. The Kier molecular flexibility index (Phi) is 10.4. The van der Waals surface area contributed by atoms with Gasteiger partial charge in [-0.3, -0.25) is 0 Å². The fraction of sp³-hybridized carbons (Fsp3) is 0.324. The highest BCUT2D eigenvalue weighted by atomic mass is 32.1. The van der Waals surface area contributed by atoms with Gasteiger partial charge in [0.25, 0.3) is 5.89 Å². The van der Waals surface area contributed by atoms with E-state index in [1.807, 2.05) is 78.2 Å². The van der Waals surface area contributed by atoms with E-state index in [1.54, 1.807) is 7.11 Å². The Hall–Kier alpha value is -4.49. The maximum Gasteiger partial charge on any atom is 0.264 e. The first-order chi connectivity index (χ1) is 22.6. The van der Waals surface area contributed by atoms with Gasteiger partial charge in [-0.15, -0.1) is 11.3 Å². The number of amides is 1. The zero-order valence-electron chi connectivity index (χ0n) is 25.3. The van der Waals surface area contributed by atoms with Crippen LogP contribution >= 0.6 is 11.3 Å². The molecule has 0 saturated carbocycles. The summed E-state index contributed by atoms with van der Waals surface area (Å²) in [6.07, 6.45) is -1.03. The molecule has 0 radical (unpaired) electrons. The second-order valence-electron chi connectivity index (χ2n) is 10.7. The molecular formula is C34H34N3O8S-. The van der Waals surface area contributed by atoms with E-state index in [9.17, 15) is 9.90 Å². The summed E-state index contributed by atoms with van der Waals surface area (Å²) in [5, 5.41) is 19.7. The van der Waals surface area contributed by atoms with Gasteiger partial charge in [0.05, 0.1) is 30.8 Å². The van der Waals surface area contributed by atoms with E-state index in [2.05, 4.69) is 10.1 Å². The minimum atomic E-state index is -1.21. The molecule has 11 nitrogen and oxygen atoms in total. The molecule has 6 rings (SSSR count). The number of nitrogens with zero attached hydrogens (tertiary/aromatic N) is 3. The van der Waals surface area contributed by atoms with E-state index >= 15 is 0 Å². The number of rotatable bonds is 14. The van der Waals surface area contributed by atoms with Crippen LogP contribution in [-0.4, -0.2) is 67.4 Å². The molecule has 3 aromatic carbocycles. The monoisotopic (exact) mass is 644 g/mol. The molecule has 0 N–H and O–H groups in total.